The Morgan fingerprint density at radius 2 is 1.86 bits per heavy atom. The van der Waals surface area contributed by atoms with Gasteiger partial charge in [0.25, 0.3) is 0 Å². The van der Waals surface area contributed by atoms with Crippen LogP contribution in [0.2, 0.25) is 0 Å². The van der Waals surface area contributed by atoms with Crippen molar-refractivity contribution in [2.24, 2.45) is 0 Å². The molecule has 12 heteroatoms. The second kappa shape index (κ2) is 15.0. The van der Waals surface area contributed by atoms with Crippen LogP contribution >= 0.6 is 11.8 Å². The van der Waals surface area contributed by atoms with Crippen molar-refractivity contribution < 1.29 is 33.0 Å². The number of methoxy groups -OCH3 is 2. The van der Waals surface area contributed by atoms with Crippen LogP contribution in [0.1, 0.15) is 12.0 Å². The summed E-state index contributed by atoms with van der Waals surface area (Å²) in [4.78, 5) is 39.7. The number of nitrogens with one attached hydrogen (secondary N) is 1. The Bertz CT molecular complexity index is 1630. The zero-order valence-corrected chi connectivity index (χ0v) is 25.5. The van der Waals surface area contributed by atoms with E-state index in [1.165, 1.54) is 11.7 Å². The highest BCUT2D eigenvalue weighted by molar-refractivity contribution is 7.99. The quantitative estimate of drug-likeness (QED) is 0.126. The van der Waals surface area contributed by atoms with Crippen LogP contribution in [0.15, 0.2) is 80.8 Å². The first-order chi connectivity index (χ1) is 21.5. The number of thioether (sulfide) groups is 1. The fourth-order valence-electron chi connectivity index (χ4n) is 4.94. The summed E-state index contributed by atoms with van der Waals surface area (Å²) < 4.78 is 28.2. The van der Waals surface area contributed by atoms with Gasteiger partial charge in [0.15, 0.2) is 5.58 Å². The van der Waals surface area contributed by atoms with Gasteiger partial charge in [0.2, 0.25) is 5.91 Å². The van der Waals surface area contributed by atoms with Crippen LogP contribution in [-0.4, -0.2) is 68.8 Å². The number of rotatable bonds is 14. The fraction of sp³-hybridized carbons (Fsp3) is 0.344. The Morgan fingerprint density at radius 1 is 1.05 bits per heavy atom. The zero-order valence-electron chi connectivity index (χ0n) is 24.7. The van der Waals surface area contributed by atoms with Gasteiger partial charge in [-0.05, 0) is 48.5 Å². The van der Waals surface area contributed by atoms with Gasteiger partial charge in [-0.1, -0.05) is 18.2 Å². The highest BCUT2D eigenvalue weighted by Crippen LogP contribution is 2.28. The Morgan fingerprint density at radius 3 is 2.66 bits per heavy atom. The number of nitrogens with zero attached hydrogens (tertiary/aromatic N) is 2. The molecule has 3 aromatic carbocycles. The molecule has 5 rings (SSSR count). The second-order valence-electron chi connectivity index (χ2n) is 10.1. The number of ether oxygens (including phenoxy) is 4. The van der Waals surface area contributed by atoms with Gasteiger partial charge in [0, 0.05) is 34.9 Å². The molecule has 1 aliphatic rings. The van der Waals surface area contributed by atoms with E-state index in [0.29, 0.717) is 43.2 Å². The first kappa shape index (κ1) is 31.2. The average molecular weight is 622 g/mol. The van der Waals surface area contributed by atoms with Crippen LogP contribution in [0.25, 0.3) is 11.1 Å². The lowest BCUT2D eigenvalue weighted by Crippen LogP contribution is -2.56. The summed E-state index contributed by atoms with van der Waals surface area (Å²) in [7, 11) is 2.92. The van der Waals surface area contributed by atoms with E-state index < -0.39 is 11.7 Å². The number of hydrogen-bond acceptors (Lipinski definition) is 10. The minimum Gasteiger partial charge on any atom is -0.496 e. The normalized spacial score (nSPS) is 15.0. The summed E-state index contributed by atoms with van der Waals surface area (Å²) in [6, 6.07) is 20.6. The van der Waals surface area contributed by atoms with Crippen molar-refractivity contribution in [2.75, 3.05) is 51.2 Å². The Hall–Kier alpha value is -4.26. The number of amides is 1. The molecule has 11 nitrogen and oxygen atoms in total. The largest absolute Gasteiger partial charge is 0.496 e. The molecule has 1 aliphatic heterocycles. The summed E-state index contributed by atoms with van der Waals surface area (Å²) in [5.74, 6) is 0.966. The summed E-state index contributed by atoms with van der Waals surface area (Å²) in [5, 5.41) is 3.20. The van der Waals surface area contributed by atoms with Crippen molar-refractivity contribution >= 4 is 40.4 Å². The van der Waals surface area contributed by atoms with E-state index in [9.17, 15) is 14.4 Å². The van der Waals surface area contributed by atoms with E-state index in [2.05, 4.69) is 5.32 Å². The van der Waals surface area contributed by atoms with E-state index in [1.54, 1.807) is 24.9 Å². The Balaban J connectivity index is 1.14. The molecule has 1 aromatic heterocycles. The molecule has 2 heterocycles. The molecule has 0 saturated carbocycles. The highest BCUT2D eigenvalue weighted by atomic mass is 32.2. The Labute approximate surface area is 259 Å². The van der Waals surface area contributed by atoms with Crippen molar-refractivity contribution in [2.45, 2.75) is 30.5 Å². The van der Waals surface area contributed by atoms with Gasteiger partial charge in [-0.3, -0.25) is 14.2 Å². The van der Waals surface area contributed by atoms with Gasteiger partial charge in [-0.15, -0.1) is 11.8 Å². The van der Waals surface area contributed by atoms with Crippen LogP contribution in [0, 0.1) is 0 Å². The molecule has 1 fully saturated rings. The van der Waals surface area contributed by atoms with Crippen molar-refractivity contribution in [3.05, 3.63) is 82.8 Å². The van der Waals surface area contributed by atoms with E-state index in [4.69, 9.17) is 23.4 Å². The van der Waals surface area contributed by atoms with Crippen LogP contribution in [-0.2, 0) is 32.2 Å². The van der Waals surface area contributed by atoms with Crippen molar-refractivity contribution in [1.29, 1.82) is 0 Å². The van der Waals surface area contributed by atoms with Gasteiger partial charge >= 0.3 is 11.7 Å². The van der Waals surface area contributed by atoms with Crippen LogP contribution in [0.5, 0.6) is 11.5 Å². The number of carbonyl (C=O) groups is 2. The number of piperazine rings is 1. The first-order valence-corrected chi connectivity index (χ1v) is 15.2. The number of anilines is 1. The smallest absolute Gasteiger partial charge is 0.420 e. The molecule has 4 aromatic rings. The van der Waals surface area contributed by atoms with Gasteiger partial charge in [0.1, 0.15) is 18.0 Å². The predicted octanol–water partition coefficient (Wildman–Crippen LogP) is 3.86. The molecule has 0 aliphatic carbocycles. The minimum absolute atomic E-state index is 0.0140. The van der Waals surface area contributed by atoms with Crippen LogP contribution in [0.3, 0.4) is 0 Å². The molecular formula is C32H35N3O8S. The molecule has 1 saturated heterocycles. The van der Waals surface area contributed by atoms with E-state index >= 15 is 0 Å². The molecule has 0 unspecified atom stereocenters. The minimum atomic E-state index is -0.620. The molecule has 0 radical (unpaired) electrons. The van der Waals surface area contributed by atoms with E-state index in [1.807, 2.05) is 65.6 Å². The fourth-order valence-corrected chi connectivity index (χ4v) is 5.95. The topological polar surface area (TPSA) is 121 Å². The number of carbonyl (C=O) groups excluding carboxylic acids is 2. The number of aromatic nitrogens is 1. The molecule has 0 bridgehead atoms. The monoisotopic (exact) mass is 621 g/mol. The highest BCUT2D eigenvalue weighted by Gasteiger charge is 2.29. The lowest BCUT2D eigenvalue weighted by molar-refractivity contribution is -0.141. The summed E-state index contributed by atoms with van der Waals surface area (Å²) in [6.45, 7) is 2.20. The van der Waals surface area contributed by atoms with E-state index in [0.717, 1.165) is 34.1 Å². The Kier molecular flexibility index (Phi) is 10.6. The molecule has 44 heavy (non-hydrogen) atoms. The van der Waals surface area contributed by atoms with Crippen LogP contribution < -0.4 is 25.4 Å². The number of esters is 1. The second-order valence-corrected chi connectivity index (χ2v) is 11.2. The third-order valence-electron chi connectivity index (χ3n) is 7.15. The van der Waals surface area contributed by atoms with Crippen LogP contribution in [0.4, 0.5) is 5.69 Å². The molecule has 1 atom stereocenters. The maximum absolute atomic E-state index is 13.0. The summed E-state index contributed by atoms with van der Waals surface area (Å²) >= 11 is 1.56. The average Bonchev–Trinajstić information content (AvgIpc) is 3.35. The predicted molar refractivity (Wildman–Crippen MR) is 167 cm³/mol. The van der Waals surface area contributed by atoms with Crippen molar-refractivity contribution in [3.8, 4) is 11.5 Å². The van der Waals surface area contributed by atoms with Gasteiger partial charge in [0.05, 0.1) is 52.1 Å². The molecule has 1 amide bonds. The first-order valence-electron chi connectivity index (χ1n) is 14.2. The number of para-hydroxylation sites is 1. The molecular weight excluding hydrogens is 586 g/mol. The number of oxazole rings is 1. The van der Waals surface area contributed by atoms with Crippen molar-refractivity contribution in [1.82, 2.24) is 9.88 Å². The summed E-state index contributed by atoms with van der Waals surface area (Å²) in [6.07, 6.45) is 0.732. The third-order valence-corrected chi connectivity index (χ3v) is 8.29. The van der Waals surface area contributed by atoms with Gasteiger partial charge < -0.3 is 33.6 Å². The van der Waals surface area contributed by atoms with Gasteiger partial charge in [-0.25, -0.2) is 4.79 Å². The maximum Gasteiger partial charge on any atom is 0.420 e. The molecule has 232 valence electrons. The number of fused-ring (bicyclic) bond motifs is 1. The van der Waals surface area contributed by atoms with E-state index in [-0.39, 0.29) is 25.0 Å². The number of benzene rings is 3. The number of hydrogen-bond donors (Lipinski definition) is 1. The third kappa shape index (κ3) is 7.62. The molecule has 1 N–H and O–H groups in total. The zero-order chi connectivity index (χ0) is 30.9. The maximum atomic E-state index is 13.0. The lowest BCUT2D eigenvalue weighted by Gasteiger charge is -2.36. The summed E-state index contributed by atoms with van der Waals surface area (Å²) in [5.41, 5.74) is 2.71. The molecule has 0 spiro atoms. The standard InChI is InChI=1S/C32H35N3O8S/c1-39-28-7-4-3-6-22(28)20-41-14-5-15-42-25-10-8-23(9-11-25)35-24(17-33-18-30(35)36)21-44-26-12-13-29-27(16-26)34(32(38)43-29)19-31(37)40-2/h3-4,6-13,16,24,33H,5,14-15,17-21H2,1-2H3/t24-/m1/s1. The van der Waals surface area contributed by atoms with Gasteiger partial charge in [-0.2, -0.15) is 0 Å². The van der Waals surface area contributed by atoms with Crippen molar-refractivity contribution in [3.63, 3.8) is 0 Å². The SMILES string of the molecule is COC(=O)Cn1c(=O)oc2ccc(SC[C@H]3CNCC(=O)N3c3ccc(OCCCOCc4ccccc4OC)cc3)cc21. The lowest BCUT2D eigenvalue weighted by atomic mass is 10.1.